The lowest BCUT2D eigenvalue weighted by Crippen LogP contribution is -2.26. The molecule has 1 aliphatic rings. The van der Waals surface area contributed by atoms with E-state index in [2.05, 4.69) is 0 Å². The molecule has 5 rings (SSSR count). The predicted octanol–water partition coefficient (Wildman–Crippen LogP) is 3.67. The van der Waals surface area contributed by atoms with Crippen molar-refractivity contribution in [2.24, 2.45) is 0 Å². The predicted molar refractivity (Wildman–Crippen MR) is 124 cm³/mol. The molecule has 8 nitrogen and oxygen atoms in total. The van der Waals surface area contributed by atoms with Crippen LogP contribution < -0.4 is 11.3 Å². The van der Waals surface area contributed by atoms with Crippen molar-refractivity contribution in [3.8, 4) is 0 Å². The number of fused-ring (bicyclic) bond motifs is 3. The number of para-hydroxylation sites is 2. The standard InChI is InChI=1S/C25H25N3O5/c29-23-18-12-11-17(16-19(18)26-22-10-3-1-2-6-13-28(22)23)24(30)32-15-7-14-27-20-8-4-5-9-21(20)33-25(27)31/h4-5,8-9,11-12,16H,1-3,6-7,10,13-15H2. The van der Waals surface area contributed by atoms with Crippen molar-refractivity contribution in [2.75, 3.05) is 6.61 Å². The first kappa shape index (κ1) is 21.2. The van der Waals surface area contributed by atoms with Gasteiger partial charge >= 0.3 is 11.7 Å². The van der Waals surface area contributed by atoms with Crippen molar-refractivity contribution >= 4 is 28.0 Å². The van der Waals surface area contributed by atoms with Crippen molar-refractivity contribution < 1.29 is 13.9 Å². The number of benzene rings is 2. The smallest absolute Gasteiger partial charge is 0.419 e. The molecule has 4 aromatic rings. The second-order valence-corrected chi connectivity index (χ2v) is 8.36. The summed E-state index contributed by atoms with van der Waals surface area (Å²) in [5.41, 5.74) is 2.09. The lowest BCUT2D eigenvalue weighted by Gasteiger charge is -2.16. The Morgan fingerprint density at radius 1 is 1.06 bits per heavy atom. The summed E-state index contributed by atoms with van der Waals surface area (Å²) in [6, 6.07) is 12.1. The molecule has 0 fully saturated rings. The molecule has 3 heterocycles. The van der Waals surface area contributed by atoms with Gasteiger partial charge in [-0.25, -0.2) is 14.6 Å². The third kappa shape index (κ3) is 4.20. The SMILES string of the molecule is O=C(OCCCn1c(=O)oc2ccccc21)c1ccc2c(=O)n3c(nc2c1)CCCCCC3. The van der Waals surface area contributed by atoms with Gasteiger partial charge in [-0.3, -0.25) is 13.9 Å². The number of carbonyl (C=O) groups excluding carboxylic acids is 1. The van der Waals surface area contributed by atoms with Crippen LogP contribution in [0.2, 0.25) is 0 Å². The molecule has 0 saturated heterocycles. The lowest BCUT2D eigenvalue weighted by molar-refractivity contribution is 0.0496. The summed E-state index contributed by atoms with van der Waals surface area (Å²) in [6.45, 7) is 1.23. The Morgan fingerprint density at radius 3 is 2.82 bits per heavy atom. The van der Waals surface area contributed by atoms with Crippen molar-refractivity contribution in [3.63, 3.8) is 0 Å². The molecular formula is C25H25N3O5. The molecule has 33 heavy (non-hydrogen) atoms. The second kappa shape index (κ2) is 9.05. The van der Waals surface area contributed by atoms with Crippen LogP contribution in [0.5, 0.6) is 0 Å². The van der Waals surface area contributed by atoms with E-state index in [1.165, 1.54) is 4.57 Å². The van der Waals surface area contributed by atoms with Gasteiger partial charge in [-0.05, 0) is 49.6 Å². The molecule has 1 aliphatic heterocycles. The quantitative estimate of drug-likeness (QED) is 0.342. The molecule has 0 unspecified atom stereocenters. The minimum Gasteiger partial charge on any atom is -0.462 e. The van der Waals surface area contributed by atoms with Crippen LogP contribution in [0.3, 0.4) is 0 Å². The highest BCUT2D eigenvalue weighted by atomic mass is 16.5. The van der Waals surface area contributed by atoms with Gasteiger partial charge in [-0.2, -0.15) is 0 Å². The summed E-state index contributed by atoms with van der Waals surface area (Å²) >= 11 is 0. The first-order valence-electron chi connectivity index (χ1n) is 11.4. The molecule has 0 amide bonds. The van der Waals surface area contributed by atoms with E-state index in [-0.39, 0.29) is 12.2 Å². The zero-order valence-electron chi connectivity index (χ0n) is 18.3. The molecule has 2 aromatic carbocycles. The normalized spacial score (nSPS) is 14.1. The molecule has 0 N–H and O–H groups in total. The van der Waals surface area contributed by atoms with Crippen LogP contribution in [0.1, 0.15) is 48.3 Å². The Hall–Kier alpha value is -3.68. The Labute approximate surface area is 189 Å². The molecule has 0 saturated carbocycles. The molecule has 0 bridgehead atoms. The van der Waals surface area contributed by atoms with Gasteiger partial charge in [-0.1, -0.05) is 25.0 Å². The average Bonchev–Trinajstić information content (AvgIpc) is 3.12. The average molecular weight is 447 g/mol. The molecule has 0 radical (unpaired) electrons. The van der Waals surface area contributed by atoms with Crippen molar-refractivity contribution in [1.29, 1.82) is 0 Å². The van der Waals surface area contributed by atoms with Gasteiger partial charge in [0.2, 0.25) is 0 Å². The van der Waals surface area contributed by atoms with Gasteiger partial charge in [-0.15, -0.1) is 0 Å². The van der Waals surface area contributed by atoms with E-state index >= 15 is 0 Å². The number of aryl methyl sites for hydroxylation is 2. The Kier molecular flexibility index (Phi) is 5.81. The fourth-order valence-corrected chi connectivity index (χ4v) is 4.42. The van der Waals surface area contributed by atoms with E-state index in [1.54, 1.807) is 28.8 Å². The number of carbonyl (C=O) groups is 1. The van der Waals surface area contributed by atoms with Crippen LogP contribution in [0.15, 0.2) is 56.5 Å². The Bertz CT molecular complexity index is 1450. The zero-order chi connectivity index (χ0) is 22.8. The first-order chi connectivity index (χ1) is 16.1. The summed E-state index contributed by atoms with van der Waals surface area (Å²) in [5.74, 6) is -0.116. The number of hydrogen-bond acceptors (Lipinski definition) is 6. The van der Waals surface area contributed by atoms with Crippen molar-refractivity contribution in [2.45, 2.75) is 51.6 Å². The van der Waals surface area contributed by atoms with Gasteiger partial charge in [0.1, 0.15) is 5.82 Å². The number of oxazole rings is 1. The molecule has 8 heteroatoms. The Balaban J connectivity index is 1.28. The number of esters is 1. The summed E-state index contributed by atoms with van der Waals surface area (Å²) < 4.78 is 13.9. The monoisotopic (exact) mass is 447 g/mol. The van der Waals surface area contributed by atoms with Gasteiger partial charge in [0.15, 0.2) is 5.58 Å². The van der Waals surface area contributed by atoms with E-state index < -0.39 is 11.7 Å². The van der Waals surface area contributed by atoms with Gasteiger partial charge in [0.05, 0.1) is 28.6 Å². The minimum absolute atomic E-state index is 0.0467. The molecule has 0 aliphatic carbocycles. The van der Waals surface area contributed by atoms with E-state index in [9.17, 15) is 14.4 Å². The number of rotatable bonds is 5. The number of aromatic nitrogens is 3. The van der Waals surface area contributed by atoms with Gasteiger partial charge in [0.25, 0.3) is 5.56 Å². The fourth-order valence-electron chi connectivity index (χ4n) is 4.42. The fraction of sp³-hybridized carbons (Fsp3) is 0.360. The van der Waals surface area contributed by atoms with Crippen LogP contribution in [-0.4, -0.2) is 26.7 Å². The summed E-state index contributed by atoms with van der Waals surface area (Å²) in [4.78, 5) is 42.3. The van der Waals surface area contributed by atoms with E-state index in [0.29, 0.717) is 41.6 Å². The molecule has 0 atom stereocenters. The van der Waals surface area contributed by atoms with Gasteiger partial charge < -0.3 is 9.15 Å². The molecule has 170 valence electrons. The van der Waals surface area contributed by atoms with Gasteiger partial charge in [0, 0.05) is 19.5 Å². The number of hydrogen-bond donors (Lipinski definition) is 0. The highest BCUT2D eigenvalue weighted by Gasteiger charge is 2.16. The Morgan fingerprint density at radius 2 is 1.91 bits per heavy atom. The highest BCUT2D eigenvalue weighted by Crippen LogP contribution is 2.17. The van der Waals surface area contributed by atoms with Crippen LogP contribution in [0, 0.1) is 0 Å². The lowest BCUT2D eigenvalue weighted by atomic mass is 10.1. The minimum atomic E-state index is -0.477. The largest absolute Gasteiger partial charge is 0.462 e. The molecular weight excluding hydrogens is 422 g/mol. The first-order valence-corrected chi connectivity index (χ1v) is 11.4. The summed E-state index contributed by atoms with van der Waals surface area (Å²) in [7, 11) is 0. The van der Waals surface area contributed by atoms with Crippen LogP contribution in [-0.2, 0) is 24.2 Å². The van der Waals surface area contributed by atoms with Crippen LogP contribution >= 0.6 is 0 Å². The maximum Gasteiger partial charge on any atom is 0.419 e. The number of nitrogens with zero attached hydrogens (tertiary/aromatic N) is 3. The highest BCUT2D eigenvalue weighted by molar-refractivity contribution is 5.94. The van der Waals surface area contributed by atoms with Crippen molar-refractivity contribution in [1.82, 2.24) is 14.1 Å². The van der Waals surface area contributed by atoms with Crippen molar-refractivity contribution in [3.05, 3.63) is 74.8 Å². The zero-order valence-corrected chi connectivity index (χ0v) is 18.3. The summed E-state index contributed by atoms with van der Waals surface area (Å²) in [5, 5.41) is 0.516. The maximum absolute atomic E-state index is 12.9. The molecule has 2 aromatic heterocycles. The van der Waals surface area contributed by atoms with E-state index in [1.807, 2.05) is 18.2 Å². The van der Waals surface area contributed by atoms with E-state index in [0.717, 1.165) is 43.4 Å². The second-order valence-electron chi connectivity index (χ2n) is 8.36. The third-order valence-electron chi connectivity index (χ3n) is 6.14. The summed E-state index contributed by atoms with van der Waals surface area (Å²) in [6.07, 6.45) is 5.49. The van der Waals surface area contributed by atoms with Crippen LogP contribution in [0.25, 0.3) is 22.0 Å². The number of ether oxygens (including phenoxy) is 1. The molecule has 0 spiro atoms. The van der Waals surface area contributed by atoms with E-state index in [4.69, 9.17) is 14.1 Å². The third-order valence-corrected chi connectivity index (χ3v) is 6.14. The topological polar surface area (TPSA) is 96.3 Å². The van der Waals surface area contributed by atoms with Crippen LogP contribution in [0.4, 0.5) is 0 Å². The maximum atomic E-state index is 12.9.